The van der Waals surface area contributed by atoms with Gasteiger partial charge in [-0.05, 0) is 11.5 Å². The molecule has 160 valence electrons. The molecular weight excluding hydrogens is 408 g/mol. The van der Waals surface area contributed by atoms with Crippen molar-refractivity contribution >= 4 is 47.2 Å². The van der Waals surface area contributed by atoms with E-state index in [-0.39, 0.29) is 17.8 Å². The third kappa shape index (κ3) is 7.63. The lowest BCUT2D eigenvalue weighted by molar-refractivity contribution is -0.178. The molecule has 28 heavy (non-hydrogen) atoms. The van der Waals surface area contributed by atoms with Crippen molar-refractivity contribution < 1.29 is 38.1 Å². The number of carbonyl (C=O) groups excluding carboxylic acids is 4. The molecule has 4 atom stereocenters. The van der Waals surface area contributed by atoms with Gasteiger partial charge in [0.1, 0.15) is 12.7 Å². The van der Waals surface area contributed by atoms with E-state index >= 15 is 0 Å². The van der Waals surface area contributed by atoms with Crippen LogP contribution >= 0.6 is 23.5 Å². The molecule has 0 amide bonds. The summed E-state index contributed by atoms with van der Waals surface area (Å²) in [7, 11) is 0. The van der Waals surface area contributed by atoms with Crippen molar-refractivity contribution in [3.63, 3.8) is 0 Å². The van der Waals surface area contributed by atoms with E-state index in [0.717, 1.165) is 11.5 Å². The van der Waals surface area contributed by atoms with Crippen LogP contribution in [0.3, 0.4) is 0 Å². The maximum absolute atomic E-state index is 12.4. The lowest BCUT2D eigenvalue weighted by atomic mass is 9.92. The van der Waals surface area contributed by atoms with Crippen LogP contribution in [-0.2, 0) is 38.1 Å². The Morgan fingerprint density at radius 2 is 1.61 bits per heavy atom. The maximum Gasteiger partial charge on any atom is 0.303 e. The van der Waals surface area contributed by atoms with E-state index in [0.29, 0.717) is 0 Å². The topological polar surface area (TPSA) is 105 Å². The molecule has 0 aromatic rings. The van der Waals surface area contributed by atoms with Crippen molar-refractivity contribution in [1.82, 2.24) is 0 Å². The van der Waals surface area contributed by atoms with Gasteiger partial charge in [-0.1, -0.05) is 13.8 Å². The van der Waals surface area contributed by atoms with E-state index in [2.05, 4.69) is 0 Å². The van der Waals surface area contributed by atoms with Gasteiger partial charge in [-0.15, -0.1) is 23.5 Å². The van der Waals surface area contributed by atoms with E-state index in [1.165, 1.54) is 20.8 Å². The Bertz CT molecular complexity index is 562. The Morgan fingerprint density at radius 1 is 1.04 bits per heavy atom. The zero-order valence-electron chi connectivity index (χ0n) is 16.8. The largest absolute Gasteiger partial charge is 0.460 e. The second kappa shape index (κ2) is 12.3. The number of hydrogen-bond donors (Lipinski definition) is 0. The predicted octanol–water partition coefficient (Wildman–Crippen LogP) is 1.83. The summed E-state index contributed by atoms with van der Waals surface area (Å²) in [5, 5.41) is 0. The Balaban J connectivity index is 3.36. The third-order valence-electron chi connectivity index (χ3n) is 3.84. The van der Waals surface area contributed by atoms with E-state index in [9.17, 15) is 19.2 Å². The van der Waals surface area contributed by atoms with Gasteiger partial charge in [0.2, 0.25) is 5.78 Å². The Hall–Kier alpha value is -1.26. The van der Waals surface area contributed by atoms with Crippen LogP contribution in [0.4, 0.5) is 0 Å². The summed E-state index contributed by atoms with van der Waals surface area (Å²) >= 11 is 3.17. The minimum Gasteiger partial charge on any atom is -0.460 e. The van der Waals surface area contributed by atoms with E-state index in [4.69, 9.17) is 18.9 Å². The van der Waals surface area contributed by atoms with Crippen molar-refractivity contribution in [1.29, 1.82) is 0 Å². The van der Waals surface area contributed by atoms with Crippen molar-refractivity contribution in [2.45, 2.75) is 57.5 Å². The van der Waals surface area contributed by atoms with Gasteiger partial charge in [-0.3, -0.25) is 19.2 Å². The summed E-state index contributed by atoms with van der Waals surface area (Å²) in [5.74, 6) is -1.44. The summed E-state index contributed by atoms with van der Waals surface area (Å²) in [4.78, 5) is 47.5. The van der Waals surface area contributed by atoms with Gasteiger partial charge >= 0.3 is 17.9 Å². The van der Waals surface area contributed by atoms with Crippen LogP contribution in [0.15, 0.2) is 0 Å². The molecule has 0 radical (unpaired) electrons. The molecule has 8 nitrogen and oxygen atoms in total. The quantitative estimate of drug-likeness (QED) is 0.302. The Labute approximate surface area is 173 Å². The summed E-state index contributed by atoms with van der Waals surface area (Å²) < 4.78 is 21.5. The van der Waals surface area contributed by atoms with Crippen molar-refractivity contribution in [3.05, 3.63) is 0 Å². The van der Waals surface area contributed by atoms with Crippen molar-refractivity contribution in [2.24, 2.45) is 5.92 Å². The summed E-state index contributed by atoms with van der Waals surface area (Å²) in [6, 6.07) is 0. The first-order chi connectivity index (χ1) is 13.2. The highest BCUT2D eigenvalue weighted by atomic mass is 32.2. The molecule has 1 saturated heterocycles. The van der Waals surface area contributed by atoms with Crippen LogP contribution in [0.2, 0.25) is 0 Å². The van der Waals surface area contributed by atoms with E-state index in [1.807, 2.05) is 13.8 Å². The molecule has 4 unspecified atom stereocenters. The summed E-state index contributed by atoms with van der Waals surface area (Å²) in [6.07, 6.45) is -3.13. The molecule has 1 fully saturated rings. The summed E-state index contributed by atoms with van der Waals surface area (Å²) in [6.45, 7) is 7.37. The highest BCUT2D eigenvalue weighted by molar-refractivity contribution is 8.17. The molecule has 1 aliphatic heterocycles. The molecule has 1 rings (SSSR count). The number of hydrogen-bond acceptors (Lipinski definition) is 10. The number of esters is 3. The highest BCUT2D eigenvalue weighted by Gasteiger charge is 2.48. The monoisotopic (exact) mass is 436 g/mol. The fourth-order valence-electron chi connectivity index (χ4n) is 2.92. The SMILES string of the molecule is CCSC(SCC)C(OC(C)=O)C1COCC(=O)C(OC(C)=O)C1OC(C)=O. The minimum absolute atomic E-state index is 0.0183. The zero-order valence-corrected chi connectivity index (χ0v) is 18.4. The molecule has 0 bridgehead atoms. The molecule has 10 heteroatoms. The van der Waals surface area contributed by atoms with Crippen LogP contribution in [0.25, 0.3) is 0 Å². The van der Waals surface area contributed by atoms with Gasteiger partial charge in [-0.2, -0.15) is 0 Å². The number of carbonyl (C=O) groups is 4. The molecule has 0 spiro atoms. The molecule has 0 aliphatic carbocycles. The van der Waals surface area contributed by atoms with Crippen molar-refractivity contribution in [2.75, 3.05) is 24.7 Å². The average molecular weight is 437 g/mol. The fourth-order valence-corrected chi connectivity index (χ4v) is 5.67. The van der Waals surface area contributed by atoms with Gasteiger partial charge in [0.25, 0.3) is 0 Å². The first-order valence-corrected chi connectivity index (χ1v) is 11.2. The molecule has 1 heterocycles. The second-order valence-electron chi connectivity index (χ2n) is 6.10. The molecule has 0 saturated carbocycles. The first-order valence-electron chi connectivity index (χ1n) is 9.06. The summed E-state index contributed by atoms with van der Waals surface area (Å²) in [5.41, 5.74) is 0. The van der Waals surface area contributed by atoms with Crippen LogP contribution in [-0.4, -0.2) is 71.3 Å². The first kappa shape index (κ1) is 24.8. The smallest absolute Gasteiger partial charge is 0.303 e. The van der Waals surface area contributed by atoms with Gasteiger partial charge in [-0.25, -0.2) is 0 Å². The van der Waals surface area contributed by atoms with Gasteiger partial charge in [0.05, 0.1) is 17.1 Å². The average Bonchev–Trinajstić information content (AvgIpc) is 2.72. The highest BCUT2D eigenvalue weighted by Crippen LogP contribution is 2.36. The lowest BCUT2D eigenvalue weighted by Gasteiger charge is -2.36. The molecule has 1 aliphatic rings. The Kier molecular flexibility index (Phi) is 10.9. The Morgan fingerprint density at radius 3 is 2.07 bits per heavy atom. The van der Waals surface area contributed by atoms with Gasteiger partial charge < -0.3 is 18.9 Å². The van der Waals surface area contributed by atoms with Crippen LogP contribution < -0.4 is 0 Å². The van der Waals surface area contributed by atoms with Crippen LogP contribution in [0.1, 0.15) is 34.6 Å². The van der Waals surface area contributed by atoms with Crippen LogP contribution in [0, 0.1) is 5.92 Å². The number of ether oxygens (including phenoxy) is 4. The number of ketones is 1. The minimum atomic E-state index is -1.31. The fraction of sp³-hybridized carbons (Fsp3) is 0.778. The van der Waals surface area contributed by atoms with E-state index in [1.54, 1.807) is 23.5 Å². The number of Topliss-reactive ketones (excluding diaryl/α,β-unsaturated/α-hetero) is 1. The standard InChI is InChI=1S/C18H28O8S2/c1-6-27-18(28-7-2)16(25-11(4)20)13-8-23-9-14(22)17(26-12(5)21)15(13)24-10(3)19/h13,15-18H,6-9H2,1-5H3. The van der Waals surface area contributed by atoms with E-state index < -0.39 is 47.9 Å². The third-order valence-corrected chi connectivity index (χ3v) is 6.52. The normalized spacial score (nSPS) is 23.6. The second-order valence-corrected chi connectivity index (χ2v) is 9.24. The predicted molar refractivity (Wildman–Crippen MR) is 106 cm³/mol. The van der Waals surface area contributed by atoms with Crippen LogP contribution in [0.5, 0.6) is 0 Å². The molecular formula is C18H28O8S2. The number of rotatable bonds is 9. The molecule has 0 aromatic carbocycles. The maximum atomic E-state index is 12.4. The lowest BCUT2D eigenvalue weighted by Crippen LogP contribution is -2.51. The van der Waals surface area contributed by atoms with Gasteiger partial charge in [0, 0.05) is 20.8 Å². The van der Waals surface area contributed by atoms with Gasteiger partial charge in [0.15, 0.2) is 12.2 Å². The van der Waals surface area contributed by atoms with Crippen molar-refractivity contribution in [3.8, 4) is 0 Å². The molecule has 0 aromatic heterocycles. The molecule has 0 N–H and O–H groups in total. The number of thioether (sulfide) groups is 2. The zero-order chi connectivity index (χ0) is 21.3.